The van der Waals surface area contributed by atoms with Crippen LogP contribution in [0.2, 0.25) is 0 Å². The summed E-state index contributed by atoms with van der Waals surface area (Å²) in [7, 11) is -6.11. The van der Waals surface area contributed by atoms with Gasteiger partial charge in [0.15, 0.2) is 0 Å². The number of nitrogens with zero attached hydrogens (tertiary/aromatic N) is 4. The Kier molecular flexibility index (Phi) is 115. The first-order chi connectivity index (χ1) is 48.0. The average Bonchev–Trinajstić information content (AvgIpc) is 0.889. The first-order valence-corrected chi connectivity index (χ1v) is 48.6. The van der Waals surface area contributed by atoms with Gasteiger partial charge in [0.05, 0.1) is 61.8 Å². The van der Waals surface area contributed by atoms with Crippen LogP contribution in [0.4, 0.5) is 0 Å². The maximum Gasteiger partial charge on any atom is 3.00 e. The van der Waals surface area contributed by atoms with Crippen LogP contribution in [-0.2, 0) is 176 Å². The first-order valence-electron chi connectivity index (χ1n) is 28.9. The Hall–Kier alpha value is -2.14. The van der Waals surface area contributed by atoms with Crippen molar-refractivity contribution in [1.82, 2.24) is 0 Å². The number of aliphatic hydroxyl groups excluding tert-OH is 6. The van der Waals surface area contributed by atoms with Crippen molar-refractivity contribution in [3.63, 3.8) is 0 Å². The minimum absolute atomic E-state index is 0. The second-order valence-electron chi connectivity index (χ2n) is 21.3. The summed E-state index contributed by atoms with van der Waals surface area (Å²) in [6, 6.07) is 24.6. The molecule has 4 aromatic rings. The average molecular weight is 1910 g/mol. The van der Waals surface area contributed by atoms with Crippen molar-refractivity contribution in [3.05, 3.63) is 119 Å². The number of aliphatic hydroxyl groups is 6. The summed E-state index contributed by atoms with van der Waals surface area (Å²) in [6.45, 7) is -8.11. The van der Waals surface area contributed by atoms with Gasteiger partial charge in [-0.25, -0.2) is 0 Å². The van der Waals surface area contributed by atoms with Crippen molar-refractivity contribution >= 4 is 133 Å². The fourth-order valence-corrected chi connectivity index (χ4v) is 4.19. The van der Waals surface area contributed by atoms with Gasteiger partial charge in [0.1, 0.15) is 0 Å². The quantitative estimate of drug-likeness (QED) is 0.0353. The van der Waals surface area contributed by atoms with Crippen LogP contribution >= 0.6 is 0 Å². The molecule has 44 heteroatoms. The third-order valence-corrected chi connectivity index (χ3v) is 8.96. The van der Waals surface area contributed by atoms with E-state index in [1.807, 2.05) is 0 Å². The zero-order valence-electron chi connectivity index (χ0n) is 64.1. The summed E-state index contributed by atoms with van der Waals surface area (Å²) >= 11 is 0. The Bertz CT molecular complexity index is 2590. The van der Waals surface area contributed by atoms with E-state index < -0.39 is 209 Å². The Balaban J connectivity index is -0.0000000771. The SMILES string of the molecule is CS(C)=O.CS(C)=O.CS(C)=O.CS(C)=O.CS(C)=O.CS(C)=O.CS(C)=O.CS(C)=O.CS(C)=O.CS(C)=O.[Cu+2].[Cu+2].[Fe+3].[Fe+3].[O-]CC(CO)(CO)N=Cc1ccccc1[O-].[O-]CC(CO)(CO)N=Cc1ccccc1[O-].[O-]CC(C[O-])(CO)N=Cc1ccccc1[O-].[O-]CC(C[O-])(CO)N=Cc1ccccc1[O-]. The Morgan fingerprint density at radius 1 is 0.259 bits per heavy atom. The smallest absolute Gasteiger partial charge is 0.872 e. The second kappa shape index (κ2) is 90.4. The van der Waals surface area contributed by atoms with Gasteiger partial charge in [-0.1, -0.05) is 97.1 Å². The molecule has 0 unspecified atom stereocenters. The van der Waals surface area contributed by atoms with Crippen LogP contribution in [-0.4, -0.2) is 324 Å². The summed E-state index contributed by atoms with van der Waals surface area (Å²) in [6.07, 6.45) is 37.6. The molecule has 30 nitrogen and oxygen atoms in total. The van der Waals surface area contributed by atoms with Crippen molar-refractivity contribution in [2.75, 3.05) is 204 Å². The van der Waals surface area contributed by atoms with E-state index in [2.05, 4.69) is 20.0 Å². The molecule has 0 bridgehead atoms. The summed E-state index contributed by atoms with van der Waals surface area (Å²) in [4.78, 5) is 15.1. The van der Waals surface area contributed by atoms with Crippen LogP contribution in [0.5, 0.6) is 23.0 Å². The van der Waals surface area contributed by atoms with Gasteiger partial charge in [0, 0.05) is 258 Å². The molecule has 0 spiro atoms. The predicted octanol–water partition coefficient (Wildman–Crippen LogP) is -8.28. The Morgan fingerprint density at radius 3 is 0.454 bits per heavy atom. The van der Waals surface area contributed by atoms with Crippen molar-refractivity contribution in [2.45, 2.75) is 22.2 Å². The van der Waals surface area contributed by atoms with Crippen LogP contribution in [0, 0.1) is 0 Å². The summed E-state index contributed by atoms with van der Waals surface area (Å²) in [5.74, 6) is -0.923. The molecule has 6 N–H and O–H groups in total. The molecular formula is C64H110Cu2Fe2N4O26S10. The number of aliphatic imine (C=N–C) groups is 4. The second-order valence-corrected chi connectivity index (χ2v) is 36.1. The normalized spacial score (nSPS) is 10.5. The van der Waals surface area contributed by atoms with Gasteiger partial charge in [-0.2, -0.15) is 0 Å². The van der Waals surface area contributed by atoms with E-state index in [1.54, 1.807) is 186 Å². The monoisotopic (exact) mass is 1910 g/mol. The largest absolute Gasteiger partial charge is 3.00 e. The van der Waals surface area contributed by atoms with E-state index in [9.17, 15) is 93.2 Å². The molecule has 0 saturated heterocycles. The molecule has 0 aliphatic heterocycles. The maximum absolute atomic E-state index is 11.3. The molecule has 4 aromatic carbocycles. The molecule has 0 fully saturated rings. The zero-order chi connectivity index (χ0) is 83.8. The van der Waals surface area contributed by atoms with Gasteiger partial charge in [0.2, 0.25) is 0 Å². The molecule has 108 heavy (non-hydrogen) atoms. The van der Waals surface area contributed by atoms with Gasteiger partial charge in [-0.05, 0) is 22.3 Å². The van der Waals surface area contributed by atoms with Crippen molar-refractivity contribution in [3.8, 4) is 23.0 Å². The van der Waals surface area contributed by atoms with Crippen LogP contribution in [0.1, 0.15) is 22.3 Å². The van der Waals surface area contributed by atoms with Crippen molar-refractivity contribution < 1.29 is 192 Å². The fourth-order valence-electron chi connectivity index (χ4n) is 4.19. The molecule has 0 amide bonds. The third kappa shape index (κ3) is 106. The van der Waals surface area contributed by atoms with E-state index in [1.165, 1.54) is 61.3 Å². The zero-order valence-corrected chi connectivity index (χ0v) is 76.3. The van der Waals surface area contributed by atoms with Gasteiger partial charge in [-0.3, -0.25) is 62.1 Å². The molecule has 4 rings (SSSR count). The minimum Gasteiger partial charge on any atom is -0.872 e. The van der Waals surface area contributed by atoms with E-state index in [0.29, 0.717) is 22.3 Å². The molecule has 0 aliphatic carbocycles. The minimum atomic E-state index is -1.55. The molecule has 4 radical (unpaired) electrons. The summed E-state index contributed by atoms with van der Waals surface area (Å²) in [5.41, 5.74) is -4.76. The van der Waals surface area contributed by atoms with Crippen LogP contribution in [0.25, 0.3) is 0 Å². The van der Waals surface area contributed by atoms with Crippen molar-refractivity contribution in [1.29, 1.82) is 0 Å². The molecule has 0 atom stereocenters. The molecule has 0 heterocycles. The Labute approximate surface area is 707 Å². The topological polar surface area (TPSA) is 572 Å². The van der Waals surface area contributed by atoms with E-state index in [4.69, 9.17) is 30.6 Å². The fraction of sp³-hybridized carbons (Fsp3) is 0.562. The number of benzene rings is 4. The van der Waals surface area contributed by atoms with Crippen molar-refractivity contribution in [2.24, 2.45) is 20.0 Å². The summed E-state index contributed by atoms with van der Waals surface area (Å²) < 4.78 is 95.6. The standard InChI is InChI=1S/2C11H14NO4.2C11H13NO4.10C2H6OS.2Cu.2Fe/c4*13-6-11(7-14,8-15)12-5-9-3-1-2-4-10(9)16;10*1-4(2)3;;;;/h2*1-5,13-14,16H,6-8H2;2*1-5,13,16H,6-8H2;10*1-2H3;;;;/q2*-1;2*-2;;;;;;;;;;;2*+2;2*+3/p-4. The van der Waals surface area contributed by atoms with Gasteiger partial charge < -0.3 is 81.7 Å². The molecular weight excluding hydrogens is 1800 g/mol. The number of para-hydroxylation sites is 4. The number of rotatable bonds is 20. The maximum atomic E-state index is 11.3. The van der Waals surface area contributed by atoms with Crippen LogP contribution in [0.3, 0.4) is 0 Å². The molecule has 0 aromatic heterocycles. The van der Waals surface area contributed by atoms with E-state index in [-0.39, 0.29) is 91.3 Å². The molecule has 640 valence electrons. The van der Waals surface area contributed by atoms with Gasteiger partial charge in [0.25, 0.3) is 0 Å². The van der Waals surface area contributed by atoms with Crippen LogP contribution < -0.4 is 51.1 Å². The third-order valence-electron chi connectivity index (χ3n) is 8.96. The molecule has 0 aliphatic rings. The van der Waals surface area contributed by atoms with Gasteiger partial charge in [-0.15, -0.1) is 62.6 Å². The number of hydrogen-bond acceptors (Lipinski definition) is 30. The Morgan fingerprint density at radius 2 is 0.361 bits per heavy atom. The van der Waals surface area contributed by atoms with Crippen LogP contribution in [0.15, 0.2) is 117 Å². The molecule has 0 saturated carbocycles. The van der Waals surface area contributed by atoms with E-state index >= 15 is 0 Å². The first kappa shape index (κ1) is 138. The predicted molar refractivity (Wildman–Crippen MR) is 416 cm³/mol. The number of hydrogen-bond donors (Lipinski definition) is 6. The summed E-state index contributed by atoms with van der Waals surface area (Å²) in [5, 5.41) is 164. The van der Waals surface area contributed by atoms with E-state index in [0.717, 1.165) is 0 Å². The van der Waals surface area contributed by atoms with Gasteiger partial charge >= 0.3 is 68.3 Å².